The molecule has 3 unspecified atom stereocenters. The molecule has 0 amide bonds. The lowest BCUT2D eigenvalue weighted by molar-refractivity contribution is -0.161. The maximum absolute atomic E-state index is 12.9. The van der Waals surface area contributed by atoms with Crippen LogP contribution in [0.3, 0.4) is 0 Å². The molecule has 0 saturated carbocycles. The van der Waals surface area contributed by atoms with Gasteiger partial charge in [-0.1, -0.05) is 208 Å². The third-order valence-electron chi connectivity index (χ3n) is 12.0. The van der Waals surface area contributed by atoms with E-state index in [9.17, 15) is 28.9 Å². The van der Waals surface area contributed by atoms with Gasteiger partial charge in [-0.25, -0.2) is 4.57 Å². The topological polar surface area (TPSA) is 155 Å². The van der Waals surface area contributed by atoms with Crippen molar-refractivity contribution < 1.29 is 52.2 Å². The zero-order chi connectivity index (χ0) is 54.1. The highest BCUT2D eigenvalue weighted by Gasteiger charge is 2.28. The molecular weight excluding hydrogens is 952 g/mol. The quantitative estimate of drug-likeness (QED) is 0.0197. The van der Waals surface area contributed by atoms with Crippen molar-refractivity contribution in [2.45, 2.75) is 251 Å². The van der Waals surface area contributed by atoms with Crippen LogP contribution in [0.4, 0.5) is 0 Å². The monoisotopic (exact) mass is 1060 g/mol. The predicted octanol–water partition coefficient (Wildman–Crippen LogP) is 17.3. The van der Waals surface area contributed by atoms with E-state index in [1.54, 1.807) is 0 Å². The molecule has 0 saturated heterocycles. The first-order valence-electron chi connectivity index (χ1n) is 29.1. The summed E-state index contributed by atoms with van der Waals surface area (Å²) in [6, 6.07) is 0. The Morgan fingerprint density at radius 3 is 1.09 bits per heavy atom. The van der Waals surface area contributed by atoms with Gasteiger partial charge in [0.1, 0.15) is 12.7 Å². The molecule has 0 aromatic heterocycles. The van der Waals surface area contributed by atoms with Gasteiger partial charge >= 0.3 is 25.7 Å². The average molecular weight is 1060 g/mol. The van der Waals surface area contributed by atoms with Crippen molar-refractivity contribution in [3.8, 4) is 0 Å². The molecule has 0 bridgehead atoms. The first-order chi connectivity index (χ1) is 36.2. The van der Waals surface area contributed by atoms with Crippen LogP contribution in [0.2, 0.25) is 0 Å². The highest BCUT2D eigenvalue weighted by Crippen LogP contribution is 2.43. The van der Waals surface area contributed by atoms with Crippen LogP contribution < -0.4 is 0 Å². The number of aliphatic hydroxyl groups excluding tert-OH is 1. The lowest BCUT2D eigenvalue weighted by atomic mass is 10.1. The maximum Gasteiger partial charge on any atom is 0.472 e. The van der Waals surface area contributed by atoms with Crippen molar-refractivity contribution in [2.75, 3.05) is 26.4 Å². The Morgan fingerprint density at radius 2 is 0.703 bits per heavy atom. The number of rotatable bonds is 53. The number of unbranched alkanes of at least 4 members (excludes halogenated alkanes) is 20. The molecule has 0 aromatic carbocycles. The number of ether oxygens (including phenoxy) is 3. The van der Waals surface area contributed by atoms with Gasteiger partial charge in [0.15, 0.2) is 6.10 Å². The minimum Gasteiger partial charge on any atom is -0.462 e. The molecule has 0 radical (unpaired) electrons. The lowest BCUT2D eigenvalue weighted by Gasteiger charge is -2.21. The Balaban J connectivity index is 4.71. The second-order valence-electron chi connectivity index (χ2n) is 19.0. The summed E-state index contributed by atoms with van der Waals surface area (Å²) in [7, 11) is -4.76. The van der Waals surface area contributed by atoms with Crippen molar-refractivity contribution >= 4 is 25.7 Å². The predicted molar refractivity (Wildman–Crippen MR) is 307 cm³/mol. The number of allylic oxidation sites excluding steroid dienone is 16. The molecule has 0 fully saturated rings. The molecule has 0 spiro atoms. The Kier molecular flexibility index (Phi) is 52.9. The summed E-state index contributed by atoms with van der Waals surface area (Å²) in [4.78, 5) is 48.5. The molecule has 3 atom stereocenters. The normalized spacial score (nSPS) is 14.1. The first kappa shape index (κ1) is 70.4. The van der Waals surface area contributed by atoms with Crippen LogP contribution in [0.1, 0.15) is 239 Å². The third-order valence-corrected chi connectivity index (χ3v) is 12.9. The van der Waals surface area contributed by atoms with Gasteiger partial charge in [0.25, 0.3) is 0 Å². The van der Waals surface area contributed by atoms with Gasteiger partial charge in [-0.05, 0) is 109 Å². The molecule has 2 N–H and O–H groups in total. The zero-order valence-electron chi connectivity index (χ0n) is 46.8. The minimum absolute atomic E-state index is 0.145. The SMILES string of the molecule is CC/C=C\C/C=C\C/C=C\C/C=C\CCCCCCCCC(=O)OC(COC(=O)CCCCCCC/C=C\CCCC)COP(=O)(O)OCC(CO)OC(=O)CCCCCCCCC/C=C\C/C=C\C/C=C\CC. The number of hydrogen-bond acceptors (Lipinski definition) is 10. The summed E-state index contributed by atoms with van der Waals surface area (Å²) in [5.74, 6) is -1.51. The largest absolute Gasteiger partial charge is 0.472 e. The van der Waals surface area contributed by atoms with Gasteiger partial charge in [0.2, 0.25) is 0 Å². The van der Waals surface area contributed by atoms with E-state index in [2.05, 4.69) is 118 Å². The van der Waals surface area contributed by atoms with E-state index in [1.807, 2.05) is 0 Å². The Labute approximate surface area is 451 Å². The van der Waals surface area contributed by atoms with Crippen LogP contribution in [-0.4, -0.2) is 66.5 Å². The van der Waals surface area contributed by atoms with E-state index in [0.717, 1.165) is 154 Å². The van der Waals surface area contributed by atoms with Gasteiger partial charge < -0.3 is 24.2 Å². The molecule has 0 aliphatic carbocycles. The van der Waals surface area contributed by atoms with Crippen LogP contribution in [0.25, 0.3) is 0 Å². The van der Waals surface area contributed by atoms with Crippen molar-refractivity contribution in [3.05, 3.63) is 97.2 Å². The second-order valence-corrected chi connectivity index (χ2v) is 20.5. The van der Waals surface area contributed by atoms with E-state index < -0.39 is 57.8 Å². The van der Waals surface area contributed by atoms with E-state index in [-0.39, 0.29) is 25.9 Å². The van der Waals surface area contributed by atoms with Gasteiger partial charge in [-0.3, -0.25) is 23.4 Å². The highest BCUT2D eigenvalue weighted by atomic mass is 31.2. The van der Waals surface area contributed by atoms with Gasteiger partial charge in [-0.15, -0.1) is 0 Å². The summed E-state index contributed by atoms with van der Waals surface area (Å²) in [6.07, 6.45) is 65.0. The molecule has 0 aliphatic heterocycles. The summed E-state index contributed by atoms with van der Waals surface area (Å²) >= 11 is 0. The molecule has 0 rings (SSSR count). The van der Waals surface area contributed by atoms with Crippen LogP contribution in [0, 0.1) is 0 Å². The summed E-state index contributed by atoms with van der Waals surface area (Å²) in [5, 5.41) is 9.82. The fourth-order valence-electron chi connectivity index (χ4n) is 7.58. The van der Waals surface area contributed by atoms with E-state index in [4.69, 9.17) is 23.3 Å². The lowest BCUT2D eigenvalue weighted by Crippen LogP contribution is -2.30. The van der Waals surface area contributed by atoms with Gasteiger partial charge in [0, 0.05) is 19.3 Å². The molecule has 0 heterocycles. The smallest absolute Gasteiger partial charge is 0.462 e. The molecule has 0 aromatic rings. The number of hydrogen-bond donors (Lipinski definition) is 2. The fraction of sp³-hybridized carbons (Fsp3) is 0.694. The van der Waals surface area contributed by atoms with Crippen LogP contribution in [-0.2, 0) is 42.2 Å². The molecular formula is C62H105O11P. The second kappa shape index (κ2) is 55.6. The van der Waals surface area contributed by atoms with E-state index in [0.29, 0.717) is 19.3 Å². The molecule has 424 valence electrons. The van der Waals surface area contributed by atoms with Crippen molar-refractivity contribution in [1.82, 2.24) is 0 Å². The number of carbonyl (C=O) groups excluding carboxylic acids is 3. The Hall–Kier alpha value is -3.60. The average Bonchev–Trinajstić information content (AvgIpc) is 3.39. The standard InChI is InChI=1S/C62H105O11P/c1-4-7-10-13-16-19-22-24-26-28-29-31-33-35-38-41-44-47-50-53-62(66)73-59(55-69-60(64)51-48-45-42-39-36-21-18-15-12-9-6-3)57-71-74(67,68)70-56-58(54-63)72-61(65)52-49-46-43-40-37-34-32-30-27-25-23-20-17-14-11-8-5-2/h7-8,10-11,15-20,24-27,29,31,58-59,63H,4-6,9,12-14,21-23,28,30,32-57H2,1-3H3,(H,67,68)/b10-7-,11-8-,18-15-,19-16-,20-17-,26-24-,27-25-,31-29-. The highest BCUT2D eigenvalue weighted by molar-refractivity contribution is 7.47. The Bertz CT molecular complexity index is 1610. The molecule has 74 heavy (non-hydrogen) atoms. The zero-order valence-corrected chi connectivity index (χ0v) is 47.7. The Morgan fingerprint density at radius 1 is 0.392 bits per heavy atom. The van der Waals surface area contributed by atoms with Crippen LogP contribution in [0.15, 0.2) is 97.2 Å². The maximum atomic E-state index is 12.9. The summed E-state index contributed by atoms with van der Waals surface area (Å²) in [5.41, 5.74) is 0. The van der Waals surface area contributed by atoms with Crippen molar-refractivity contribution in [2.24, 2.45) is 0 Å². The molecule has 12 heteroatoms. The van der Waals surface area contributed by atoms with Gasteiger partial charge in [-0.2, -0.15) is 0 Å². The summed E-state index contributed by atoms with van der Waals surface area (Å²) in [6.45, 7) is 4.34. The number of phosphoric acid groups is 1. The first-order valence-corrected chi connectivity index (χ1v) is 30.6. The van der Waals surface area contributed by atoms with Gasteiger partial charge in [0.05, 0.1) is 19.8 Å². The van der Waals surface area contributed by atoms with Crippen molar-refractivity contribution in [1.29, 1.82) is 0 Å². The fourth-order valence-corrected chi connectivity index (χ4v) is 8.36. The van der Waals surface area contributed by atoms with Crippen LogP contribution in [0.5, 0.6) is 0 Å². The molecule has 11 nitrogen and oxygen atoms in total. The number of phosphoric ester groups is 1. The third kappa shape index (κ3) is 53.2. The summed E-state index contributed by atoms with van der Waals surface area (Å²) < 4.78 is 39.5. The molecule has 0 aliphatic rings. The minimum atomic E-state index is -4.76. The number of esters is 3. The number of carbonyl (C=O) groups is 3. The van der Waals surface area contributed by atoms with E-state index in [1.165, 1.54) is 25.7 Å². The van der Waals surface area contributed by atoms with Crippen molar-refractivity contribution in [3.63, 3.8) is 0 Å². The van der Waals surface area contributed by atoms with E-state index >= 15 is 0 Å². The number of aliphatic hydroxyl groups is 1. The van der Waals surface area contributed by atoms with Crippen LogP contribution >= 0.6 is 7.82 Å².